The van der Waals surface area contributed by atoms with Gasteiger partial charge >= 0.3 is 12.4 Å². The summed E-state index contributed by atoms with van der Waals surface area (Å²) < 4.78 is 108. The SMILES string of the molecule is C[C@@H](C[C@@H](F)Cn1ccc2cc(-c3ncc(C(F)(F)F)cn3)c(F)cc2c1=O)Nc1cn[nH]c(=O)c1C(F)(F)F. The number of alkyl halides is 7. The van der Waals surface area contributed by atoms with Crippen LogP contribution in [0.2, 0.25) is 0 Å². The fourth-order valence-corrected chi connectivity index (χ4v) is 4.02. The Kier molecular flexibility index (Phi) is 7.63. The van der Waals surface area contributed by atoms with Gasteiger partial charge in [0, 0.05) is 31.1 Å². The van der Waals surface area contributed by atoms with Gasteiger partial charge in [-0.1, -0.05) is 0 Å². The van der Waals surface area contributed by atoms with Crippen molar-refractivity contribution in [1.29, 1.82) is 0 Å². The molecule has 0 aliphatic heterocycles. The highest BCUT2D eigenvalue weighted by Gasteiger charge is 2.37. The molecule has 0 radical (unpaired) electrons. The third kappa shape index (κ3) is 6.10. The van der Waals surface area contributed by atoms with Gasteiger partial charge < -0.3 is 9.88 Å². The van der Waals surface area contributed by atoms with Crippen LogP contribution in [-0.2, 0) is 18.9 Å². The summed E-state index contributed by atoms with van der Waals surface area (Å²) in [5, 5.41) is 7.45. The fourth-order valence-electron chi connectivity index (χ4n) is 4.02. The summed E-state index contributed by atoms with van der Waals surface area (Å²) in [6, 6.07) is 2.45. The zero-order valence-electron chi connectivity index (χ0n) is 20.2. The van der Waals surface area contributed by atoms with Crippen molar-refractivity contribution in [3.8, 4) is 11.4 Å². The van der Waals surface area contributed by atoms with Crippen LogP contribution in [0.1, 0.15) is 24.5 Å². The van der Waals surface area contributed by atoms with Gasteiger partial charge in [0.05, 0.1) is 34.9 Å². The fraction of sp³-hybridized carbons (Fsp3) is 0.292. The Bertz CT molecular complexity index is 1650. The van der Waals surface area contributed by atoms with Gasteiger partial charge in [0.1, 0.15) is 17.6 Å². The first kappa shape index (κ1) is 28.6. The van der Waals surface area contributed by atoms with E-state index in [2.05, 4.69) is 20.4 Å². The quantitative estimate of drug-likeness (QED) is 0.303. The second-order valence-corrected chi connectivity index (χ2v) is 8.85. The number of aromatic amines is 1. The molecule has 8 nitrogen and oxygen atoms in total. The van der Waals surface area contributed by atoms with Crippen molar-refractivity contribution < 1.29 is 35.1 Å². The number of halogens is 8. The maximum atomic E-state index is 14.8. The lowest BCUT2D eigenvalue weighted by Gasteiger charge is -2.20. The molecule has 212 valence electrons. The van der Waals surface area contributed by atoms with E-state index in [4.69, 9.17) is 0 Å². The molecule has 0 amide bonds. The molecule has 3 heterocycles. The molecule has 0 spiro atoms. The number of H-pyrrole nitrogens is 1. The number of nitrogens with one attached hydrogen (secondary N) is 2. The lowest BCUT2D eigenvalue weighted by atomic mass is 10.1. The minimum Gasteiger partial charge on any atom is -0.381 e. The molecule has 3 aromatic heterocycles. The molecule has 2 N–H and O–H groups in total. The molecule has 1 aromatic carbocycles. The van der Waals surface area contributed by atoms with E-state index in [1.165, 1.54) is 25.3 Å². The molecule has 16 heteroatoms. The average Bonchev–Trinajstić information content (AvgIpc) is 2.84. The predicted molar refractivity (Wildman–Crippen MR) is 127 cm³/mol. The van der Waals surface area contributed by atoms with E-state index < -0.39 is 64.9 Å². The summed E-state index contributed by atoms with van der Waals surface area (Å²) in [5.41, 5.74) is -5.78. The van der Waals surface area contributed by atoms with Crippen LogP contribution < -0.4 is 16.4 Å². The summed E-state index contributed by atoms with van der Waals surface area (Å²) in [5.74, 6) is -1.34. The Labute approximate surface area is 218 Å². The van der Waals surface area contributed by atoms with Crippen molar-refractivity contribution in [3.63, 3.8) is 0 Å². The van der Waals surface area contributed by atoms with Gasteiger partial charge in [-0.25, -0.2) is 23.8 Å². The second kappa shape index (κ2) is 10.7. The van der Waals surface area contributed by atoms with Crippen LogP contribution >= 0.6 is 0 Å². The molecule has 2 atom stereocenters. The molecular formula is C24H18F8N6O2. The molecule has 0 aliphatic carbocycles. The maximum Gasteiger partial charge on any atom is 0.423 e. The zero-order valence-corrected chi connectivity index (χ0v) is 20.2. The van der Waals surface area contributed by atoms with E-state index >= 15 is 0 Å². The van der Waals surface area contributed by atoms with Gasteiger partial charge in [-0.05, 0) is 30.5 Å². The summed E-state index contributed by atoms with van der Waals surface area (Å²) in [4.78, 5) is 31.6. The van der Waals surface area contributed by atoms with Crippen molar-refractivity contribution in [2.45, 2.75) is 44.5 Å². The van der Waals surface area contributed by atoms with Crippen LogP contribution in [0.15, 0.2) is 52.6 Å². The van der Waals surface area contributed by atoms with E-state index in [9.17, 15) is 44.7 Å². The van der Waals surface area contributed by atoms with E-state index in [1.54, 1.807) is 5.10 Å². The molecule has 0 fully saturated rings. The van der Waals surface area contributed by atoms with Crippen molar-refractivity contribution in [1.82, 2.24) is 24.7 Å². The first-order valence-corrected chi connectivity index (χ1v) is 11.4. The number of hydrogen-bond donors (Lipinski definition) is 2. The number of fused-ring (bicyclic) bond motifs is 1. The Hall–Kier alpha value is -4.37. The molecule has 0 saturated carbocycles. The minimum absolute atomic E-state index is 0.154. The number of aromatic nitrogens is 5. The highest BCUT2D eigenvalue weighted by Crippen LogP contribution is 2.32. The Balaban J connectivity index is 1.51. The molecule has 0 bridgehead atoms. The van der Waals surface area contributed by atoms with Crippen molar-refractivity contribution in [3.05, 3.63) is 80.6 Å². The van der Waals surface area contributed by atoms with Crippen molar-refractivity contribution in [2.24, 2.45) is 0 Å². The van der Waals surface area contributed by atoms with E-state index in [1.807, 2.05) is 0 Å². The minimum atomic E-state index is -4.99. The smallest absolute Gasteiger partial charge is 0.381 e. The highest BCUT2D eigenvalue weighted by molar-refractivity contribution is 5.86. The Morgan fingerprint density at radius 2 is 1.70 bits per heavy atom. The standard InChI is InChI=1S/C24H18F8N6O2/c1-11(36-18-9-35-37-21(39)19(18)24(30,31)32)4-14(25)10-38-3-2-12-5-16(17(26)6-15(12)22(38)40)20-33-7-13(8-34-20)23(27,28)29/h2-3,5-9,11,14H,4,10H2,1H3,(H2,36,37,39)/t11-,14+/m0/s1. The largest absolute Gasteiger partial charge is 0.423 e. The normalized spacial score (nSPS) is 13.8. The number of pyridine rings is 1. The number of anilines is 1. The monoisotopic (exact) mass is 574 g/mol. The molecule has 4 rings (SSSR count). The van der Waals surface area contributed by atoms with Crippen molar-refractivity contribution in [2.75, 3.05) is 5.32 Å². The van der Waals surface area contributed by atoms with Crippen molar-refractivity contribution >= 4 is 16.5 Å². The third-order valence-electron chi connectivity index (χ3n) is 5.83. The number of benzene rings is 1. The second-order valence-electron chi connectivity index (χ2n) is 8.85. The molecule has 0 saturated heterocycles. The molecular weight excluding hydrogens is 556 g/mol. The van der Waals surface area contributed by atoms with Gasteiger partial charge in [0.15, 0.2) is 5.82 Å². The summed E-state index contributed by atoms with van der Waals surface area (Å²) in [6.45, 7) is 0.850. The predicted octanol–water partition coefficient (Wildman–Crippen LogP) is 4.95. The van der Waals surface area contributed by atoms with Crippen LogP contribution in [0.5, 0.6) is 0 Å². The molecule has 4 aromatic rings. The van der Waals surface area contributed by atoms with Crippen LogP contribution in [0, 0.1) is 5.82 Å². The topological polar surface area (TPSA) is 106 Å². The first-order chi connectivity index (χ1) is 18.6. The lowest BCUT2D eigenvalue weighted by Crippen LogP contribution is -2.30. The van der Waals surface area contributed by atoms with Crippen LogP contribution in [0.4, 0.5) is 40.8 Å². The number of nitrogens with zero attached hydrogens (tertiary/aromatic N) is 4. The van der Waals surface area contributed by atoms with E-state index in [0.29, 0.717) is 12.4 Å². The highest BCUT2D eigenvalue weighted by atomic mass is 19.4. The van der Waals surface area contributed by atoms with Gasteiger partial charge in [-0.3, -0.25) is 9.59 Å². The van der Waals surface area contributed by atoms with Gasteiger partial charge in [-0.15, -0.1) is 0 Å². The molecule has 0 unspecified atom stereocenters. The Morgan fingerprint density at radius 1 is 1.02 bits per heavy atom. The summed E-state index contributed by atoms with van der Waals surface area (Å²) in [7, 11) is 0. The summed E-state index contributed by atoms with van der Waals surface area (Å²) >= 11 is 0. The third-order valence-corrected chi connectivity index (χ3v) is 5.83. The van der Waals surface area contributed by atoms with E-state index in [0.717, 1.165) is 16.8 Å². The first-order valence-electron chi connectivity index (χ1n) is 11.4. The zero-order chi connectivity index (χ0) is 29.4. The van der Waals surface area contributed by atoms with Crippen LogP contribution in [0.3, 0.4) is 0 Å². The van der Waals surface area contributed by atoms with Gasteiger partial charge in [0.25, 0.3) is 11.1 Å². The Morgan fingerprint density at radius 3 is 2.33 bits per heavy atom. The summed E-state index contributed by atoms with van der Waals surface area (Å²) in [6.07, 6.45) is -8.82. The van der Waals surface area contributed by atoms with Gasteiger partial charge in [-0.2, -0.15) is 31.4 Å². The number of hydrogen-bond acceptors (Lipinski definition) is 6. The van der Waals surface area contributed by atoms with Crippen LogP contribution in [0.25, 0.3) is 22.2 Å². The van der Waals surface area contributed by atoms with Crippen LogP contribution in [-0.4, -0.2) is 36.9 Å². The van der Waals surface area contributed by atoms with E-state index in [-0.39, 0.29) is 28.6 Å². The molecule has 40 heavy (non-hydrogen) atoms. The van der Waals surface area contributed by atoms with Gasteiger partial charge in [0.2, 0.25) is 0 Å². The average molecular weight is 574 g/mol. The molecule has 0 aliphatic rings. The lowest BCUT2D eigenvalue weighted by molar-refractivity contribution is -0.139. The number of rotatable bonds is 7. The maximum absolute atomic E-state index is 14.8.